The van der Waals surface area contributed by atoms with Gasteiger partial charge in [-0.1, -0.05) is 0 Å². The van der Waals surface area contributed by atoms with Crippen molar-refractivity contribution in [2.45, 2.75) is 0 Å². The number of hydrogen-bond acceptors (Lipinski definition) is 2. The van der Waals surface area contributed by atoms with Crippen LogP contribution in [-0.4, -0.2) is 17.8 Å². The molecule has 0 saturated carbocycles. The number of nitrogens with one attached hydrogen (secondary N) is 2. The molecule has 1 rings (SSSR count). The number of hydrogen-bond donors (Lipinski definition) is 2. The Labute approximate surface area is 65.7 Å². The van der Waals surface area contributed by atoms with Crippen LogP contribution in [0.25, 0.3) is 0 Å². The molecule has 0 aromatic rings. The van der Waals surface area contributed by atoms with Crippen molar-refractivity contribution in [2.75, 3.05) is 0 Å². The zero-order valence-electron chi connectivity index (χ0n) is 4.51. The quantitative estimate of drug-likeness (QED) is 0.550. The second kappa shape index (κ2) is 3.41. The summed E-state index contributed by atoms with van der Waals surface area (Å²) in [7, 11) is 0. The van der Waals surface area contributed by atoms with E-state index in [1.165, 1.54) is 12.3 Å². The van der Waals surface area contributed by atoms with Crippen molar-refractivity contribution < 1.29 is 19.5 Å². The Morgan fingerprint density at radius 1 is 1.33 bits per heavy atom. The SMILES string of the molecule is N=C1C=CC=NC1=N.[Rh]. The minimum Gasteiger partial charge on any atom is -0.297 e. The van der Waals surface area contributed by atoms with Gasteiger partial charge in [-0.2, -0.15) is 0 Å². The van der Waals surface area contributed by atoms with Crippen LogP contribution < -0.4 is 0 Å². The van der Waals surface area contributed by atoms with Crippen molar-refractivity contribution in [3.63, 3.8) is 0 Å². The van der Waals surface area contributed by atoms with Gasteiger partial charge in [0.05, 0.1) is 5.71 Å². The van der Waals surface area contributed by atoms with Crippen LogP contribution in [0, 0.1) is 10.8 Å². The third kappa shape index (κ3) is 1.98. The number of dihydropyridines is 1. The van der Waals surface area contributed by atoms with Crippen molar-refractivity contribution >= 4 is 17.8 Å². The summed E-state index contributed by atoms with van der Waals surface area (Å²) in [6, 6.07) is 0. The van der Waals surface area contributed by atoms with Gasteiger partial charge in [-0.25, -0.2) is 4.99 Å². The molecule has 9 heavy (non-hydrogen) atoms. The molecule has 0 aliphatic carbocycles. The number of allylic oxidation sites excluding steroid dienone is 1. The Morgan fingerprint density at radius 3 is 2.33 bits per heavy atom. The summed E-state index contributed by atoms with van der Waals surface area (Å²) >= 11 is 0. The van der Waals surface area contributed by atoms with E-state index in [4.69, 9.17) is 10.8 Å². The molecular formula is C5H5N3Rh. The molecule has 1 heterocycles. The summed E-state index contributed by atoms with van der Waals surface area (Å²) in [5.41, 5.74) is 0.174. The molecule has 0 unspecified atom stereocenters. The Hall–Kier alpha value is -0.627. The molecule has 4 heteroatoms. The minimum absolute atomic E-state index is 0. The Kier molecular flexibility index (Phi) is 3.17. The maximum absolute atomic E-state index is 6.97. The molecular weight excluding hydrogens is 205 g/mol. The van der Waals surface area contributed by atoms with Crippen LogP contribution in [0.5, 0.6) is 0 Å². The first kappa shape index (κ1) is 8.37. The van der Waals surface area contributed by atoms with E-state index in [2.05, 4.69) is 4.99 Å². The second-order valence-corrected chi connectivity index (χ2v) is 1.40. The Morgan fingerprint density at radius 2 is 2.00 bits per heavy atom. The standard InChI is InChI=1S/C5H5N3.Rh/c6-4-2-1-3-8-5(4)7;/h1-3,6-7H;. The summed E-state index contributed by atoms with van der Waals surface area (Å²) < 4.78 is 0. The molecule has 2 N–H and O–H groups in total. The van der Waals surface area contributed by atoms with Gasteiger partial charge in [0, 0.05) is 25.7 Å². The van der Waals surface area contributed by atoms with Gasteiger partial charge in [0.25, 0.3) is 0 Å². The fraction of sp³-hybridized carbons (Fsp3) is 0. The average molecular weight is 210 g/mol. The fourth-order valence-corrected chi connectivity index (χ4v) is 0.405. The van der Waals surface area contributed by atoms with Gasteiger partial charge >= 0.3 is 0 Å². The van der Waals surface area contributed by atoms with Gasteiger partial charge in [-0.05, 0) is 12.2 Å². The van der Waals surface area contributed by atoms with E-state index in [1.54, 1.807) is 6.08 Å². The molecule has 0 fully saturated rings. The van der Waals surface area contributed by atoms with Crippen LogP contribution in [0.15, 0.2) is 17.1 Å². The molecule has 0 aromatic heterocycles. The normalized spacial score (nSPS) is 15.6. The first-order valence-corrected chi connectivity index (χ1v) is 2.19. The predicted molar refractivity (Wildman–Crippen MR) is 33.1 cm³/mol. The number of rotatable bonds is 0. The van der Waals surface area contributed by atoms with E-state index in [9.17, 15) is 0 Å². The maximum Gasteiger partial charge on any atom is 0.169 e. The summed E-state index contributed by atoms with van der Waals surface area (Å²) in [5.74, 6) is 0.0347. The van der Waals surface area contributed by atoms with Crippen LogP contribution in [0.2, 0.25) is 0 Å². The third-order valence-corrected chi connectivity index (χ3v) is 0.808. The largest absolute Gasteiger partial charge is 0.297 e. The average Bonchev–Trinajstić information content (AvgIpc) is 1.77. The third-order valence-electron chi connectivity index (χ3n) is 0.808. The molecule has 0 aromatic carbocycles. The molecule has 0 atom stereocenters. The topological polar surface area (TPSA) is 60.1 Å². The fourth-order valence-electron chi connectivity index (χ4n) is 0.405. The van der Waals surface area contributed by atoms with Gasteiger partial charge < -0.3 is 0 Å². The zero-order valence-corrected chi connectivity index (χ0v) is 6.15. The molecule has 49 valence electrons. The van der Waals surface area contributed by atoms with Crippen molar-refractivity contribution in [1.82, 2.24) is 0 Å². The molecule has 3 nitrogen and oxygen atoms in total. The minimum atomic E-state index is 0. The van der Waals surface area contributed by atoms with Crippen molar-refractivity contribution in [3.8, 4) is 0 Å². The summed E-state index contributed by atoms with van der Waals surface area (Å²) in [6.07, 6.45) is 4.68. The molecule has 1 aliphatic rings. The second-order valence-electron chi connectivity index (χ2n) is 1.40. The number of aliphatic imine (C=N–C) groups is 1. The first-order valence-electron chi connectivity index (χ1n) is 2.19. The Balaban J connectivity index is 0.000000640. The van der Waals surface area contributed by atoms with Gasteiger partial charge in [-0.15, -0.1) is 0 Å². The van der Waals surface area contributed by atoms with Crippen LogP contribution in [0.4, 0.5) is 0 Å². The van der Waals surface area contributed by atoms with Crippen molar-refractivity contribution in [1.29, 1.82) is 10.8 Å². The number of amidine groups is 1. The van der Waals surface area contributed by atoms with Crippen LogP contribution in [-0.2, 0) is 19.5 Å². The summed E-state index contributed by atoms with van der Waals surface area (Å²) in [6.45, 7) is 0. The van der Waals surface area contributed by atoms with Crippen LogP contribution in [0.1, 0.15) is 0 Å². The Bertz CT molecular complexity index is 170. The number of nitrogens with zero attached hydrogens (tertiary/aromatic N) is 1. The molecule has 0 bridgehead atoms. The van der Waals surface area contributed by atoms with E-state index < -0.39 is 0 Å². The molecule has 1 aliphatic heterocycles. The zero-order chi connectivity index (χ0) is 5.98. The summed E-state index contributed by atoms with van der Waals surface area (Å²) in [5, 5.41) is 13.9. The van der Waals surface area contributed by atoms with E-state index in [-0.39, 0.29) is 31.0 Å². The van der Waals surface area contributed by atoms with Crippen molar-refractivity contribution in [2.24, 2.45) is 4.99 Å². The van der Waals surface area contributed by atoms with Gasteiger partial charge in [-0.3, -0.25) is 10.8 Å². The first-order chi connectivity index (χ1) is 3.80. The van der Waals surface area contributed by atoms with Gasteiger partial charge in [0.2, 0.25) is 0 Å². The maximum atomic E-state index is 6.97. The van der Waals surface area contributed by atoms with Gasteiger partial charge in [0.1, 0.15) is 0 Å². The molecule has 1 radical (unpaired) electrons. The monoisotopic (exact) mass is 210 g/mol. The molecule has 0 saturated heterocycles. The predicted octanol–water partition coefficient (Wildman–Crippen LogP) is 0.622. The van der Waals surface area contributed by atoms with E-state index in [1.807, 2.05) is 0 Å². The van der Waals surface area contributed by atoms with E-state index >= 15 is 0 Å². The molecule has 0 amide bonds. The van der Waals surface area contributed by atoms with E-state index in [0.717, 1.165) is 0 Å². The summed E-state index contributed by atoms with van der Waals surface area (Å²) in [4.78, 5) is 3.56. The smallest absolute Gasteiger partial charge is 0.169 e. The molecule has 0 spiro atoms. The van der Waals surface area contributed by atoms with E-state index in [0.29, 0.717) is 0 Å². The van der Waals surface area contributed by atoms with Crippen LogP contribution >= 0.6 is 0 Å². The van der Waals surface area contributed by atoms with Crippen molar-refractivity contribution in [3.05, 3.63) is 12.2 Å². The van der Waals surface area contributed by atoms with Gasteiger partial charge in [0.15, 0.2) is 5.84 Å². The van der Waals surface area contributed by atoms with Crippen LogP contribution in [0.3, 0.4) is 0 Å².